The second kappa shape index (κ2) is 4.19. The second-order valence-electron chi connectivity index (χ2n) is 6.11. The van der Waals surface area contributed by atoms with E-state index in [1.165, 1.54) is 19.3 Å². The third-order valence-electron chi connectivity index (χ3n) is 5.01. The van der Waals surface area contributed by atoms with Gasteiger partial charge >= 0.3 is 0 Å². The molecule has 2 aromatic rings. The number of rotatable bonds is 3. The number of hydrogen-bond acceptors (Lipinski definition) is 2. The first-order chi connectivity index (χ1) is 9.31. The molecule has 3 nitrogen and oxygen atoms in total. The van der Waals surface area contributed by atoms with Crippen LogP contribution in [0.2, 0.25) is 0 Å². The molecule has 2 fully saturated rings. The molecule has 19 heavy (non-hydrogen) atoms. The van der Waals surface area contributed by atoms with E-state index in [4.69, 9.17) is 0 Å². The van der Waals surface area contributed by atoms with Gasteiger partial charge in [0.2, 0.25) is 0 Å². The van der Waals surface area contributed by atoms with E-state index in [0.29, 0.717) is 24.2 Å². The molecule has 0 aliphatic heterocycles. The summed E-state index contributed by atoms with van der Waals surface area (Å²) in [6.45, 7) is 0.494. The lowest BCUT2D eigenvalue weighted by Crippen LogP contribution is -2.24. The summed E-state index contributed by atoms with van der Waals surface area (Å²) in [4.78, 5) is 16.9. The van der Waals surface area contributed by atoms with E-state index in [2.05, 4.69) is 4.98 Å². The molecule has 1 aromatic heterocycles. The van der Waals surface area contributed by atoms with Crippen LogP contribution in [0.15, 0.2) is 30.6 Å². The fraction of sp³-hybridized carbons (Fsp3) is 0.500. The van der Waals surface area contributed by atoms with Gasteiger partial charge in [-0.15, -0.1) is 0 Å². The van der Waals surface area contributed by atoms with Crippen molar-refractivity contribution in [2.45, 2.75) is 32.2 Å². The first kappa shape index (κ1) is 11.2. The van der Waals surface area contributed by atoms with Crippen molar-refractivity contribution >= 4 is 16.8 Å². The molecule has 3 unspecified atom stereocenters. The Morgan fingerprint density at radius 3 is 2.95 bits per heavy atom. The van der Waals surface area contributed by atoms with Crippen molar-refractivity contribution in [3.05, 3.63) is 30.6 Å². The predicted molar refractivity (Wildman–Crippen MR) is 73.7 cm³/mol. The molecule has 2 aliphatic carbocycles. The van der Waals surface area contributed by atoms with E-state index < -0.39 is 0 Å². The second-order valence-corrected chi connectivity index (χ2v) is 6.11. The quantitative estimate of drug-likeness (QED) is 0.843. The van der Waals surface area contributed by atoms with E-state index in [0.717, 1.165) is 23.4 Å². The zero-order chi connectivity index (χ0) is 12.8. The molecule has 98 valence electrons. The summed E-state index contributed by atoms with van der Waals surface area (Å²) >= 11 is 0. The summed E-state index contributed by atoms with van der Waals surface area (Å²) in [5.74, 6) is 2.24. The van der Waals surface area contributed by atoms with Crippen LogP contribution in [0.25, 0.3) is 11.0 Å². The van der Waals surface area contributed by atoms with Crippen LogP contribution in [0.3, 0.4) is 0 Å². The van der Waals surface area contributed by atoms with Gasteiger partial charge in [0.15, 0.2) is 5.78 Å². The minimum atomic E-state index is 0.319. The Bertz CT molecular complexity index is 630. The van der Waals surface area contributed by atoms with Crippen LogP contribution in [0, 0.1) is 17.8 Å². The van der Waals surface area contributed by atoms with Gasteiger partial charge in [-0.25, -0.2) is 4.98 Å². The highest BCUT2D eigenvalue weighted by Crippen LogP contribution is 2.48. The van der Waals surface area contributed by atoms with Crippen LogP contribution in [-0.2, 0) is 11.3 Å². The molecule has 0 radical (unpaired) electrons. The highest BCUT2D eigenvalue weighted by Gasteiger charge is 2.42. The zero-order valence-corrected chi connectivity index (χ0v) is 11.0. The summed E-state index contributed by atoms with van der Waals surface area (Å²) in [5.41, 5.74) is 2.04. The van der Waals surface area contributed by atoms with E-state index >= 15 is 0 Å². The highest BCUT2D eigenvalue weighted by atomic mass is 16.1. The third-order valence-corrected chi connectivity index (χ3v) is 5.01. The molecule has 2 saturated carbocycles. The molecule has 0 spiro atoms. The number of Topliss-reactive ketones (excluding diaryl/α,β-unsaturated/α-hetero) is 1. The molecule has 0 saturated heterocycles. The lowest BCUT2D eigenvalue weighted by atomic mass is 9.85. The SMILES string of the molecule is O=C(Cn1cnc2ccccc21)C1CC2CCC1C2. The summed E-state index contributed by atoms with van der Waals surface area (Å²) in [6.07, 6.45) is 6.85. The molecule has 0 N–H and O–H groups in total. The van der Waals surface area contributed by atoms with Crippen LogP contribution in [0.5, 0.6) is 0 Å². The first-order valence-corrected chi connectivity index (χ1v) is 7.24. The van der Waals surface area contributed by atoms with Gasteiger partial charge in [-0.3, -0.25) is 4.79 Å². The Kier molecular flexibility index (Phi) is 2.47. The molecule has 1 heterocycles. The van der Waals surface area contributed by atoms with Crippen molar-refractivity contribution in [1.82, 2.24) is 9.55 Å². The maximum atomic E-state index is 12.5. The van der Waals surface area contributed by atoms with Gasteiger partial charge in [-0.2, -0.15) is 0 Å². The molecular weight excluding hydrogens is 236 g/mol. The van der Waals surface area contributed by atoms with Crippen LogP contribution < -0.4 is 0 Å². The molecule has 1 aromatic carbocycles. The van der Waals surface area contributed by atoms with Crippen LogP contribution >= 0.6 is 0 Å². The van der Waals surface area contributed by atoms with E-state index in [1.807, 2.05) is 28.8 Å². The van der Waals surface area contributed by atoms with E-state index in [-0.39, 0.29) is 0 Å². The number of para-hydroxylation sites is 2. The molecular formula is C16H18N2O. The highest BCUT2D eigenvalue weighted by molar-refractivity contribution is 5.84. The number of carbonyl (C=O) groups is 1. The molecule has 2 bridgehead atoms. The van der Waals surface area contributed by atoms with E-state index in [9.17, 15) is 4.79 Å². The predicted octanol–water partition coefficient (Wildman–Crippen LogP) is 3.04. The molecule has 4 rings (SSSR count). The summed E-state index contributed by atoms with van der Waals surface area (Å²) in [6, 6.07) is 8.02. The topological polar surface area (TPSA) is 34.9 Å². The lowest BCUT2D eigenvalue weighted by Gasteiger charge is -2.20. The van der Waals surface area contributed by atoms with Crippen LogP contribution in [-0.4, -0.2) is 15.3 Å². The summed E-state index contributed by atoms with van der Waals surface area (Å²) < 4.78 is 2.00. The van der Waals surface area contributed by atoms with E-state index in [1.54, 1.807) is 6.33 Å². The lowest BCUT2D eigenvalue weighted by molar-refractivity contribution is -0.124. The molecule has 3 atom stereocenters. The van der Waals surface area contributed by atoms with Crippen molar-refractivity contribution in [3.63, 3.8) is 0 Å². The Hall–Kier alpha value is -1.64. The Labute approximate surface area is 112 Å². The van der Waals surface area contributed by atoms with Crippen molar-refractivity contribution in [2.75, 3.05) is 0 Å². The number of nitrogens with zero attached hydrogens (tertiary/aromatic N) is 2. The molecule has 0 amide bonds. The fourth-order valence-corrected chi connectivity index (χ4v) is 4.06. The van der Waals surface area contributed by atoms with Crippen molar-refractivity contribution in [1.29, 1.82) is 0 Å². The van der Waals surface area contributed by atoms with Crippen molar-refractivity contribution in [2.24, 2.45) is 17.8 Å². The Morgan fingerprint density at radius 1 is 1.26 bits per heavy atom. The monoisotopic (exact) mass is 254 g/mol. The average molecular weight is 254 g/mol. The van der Waals surface area contributed by atoms with Crippen molar-refractivity contribution < 1.29 is 4.79 Å². The van der Waals surface area contributed by atoms with Gasteiger partial charge in [0, 0.05) is 5.92 Å². The summed E-state index contributed by atoms with van der Waals surface area (Å²) in [7, 11) is 0. The number of benzene rings is 1. The number of carbonyl (C=O) groups excluding carboxylic acids is 1. The maximum Gasteiger partial charge on any atom is 0.155 e. The largest absolute Gasteiger partial charge is 0.323 e. The normalized spacial score (nSPS) is 29.2. The molecule has 2 aliphatic rings. The van der Waals surface area contributed by atoms with Gasteiger partial charge in [0.1, 0.15) is 0 Å². The zero-order valence-electron chi connectivity index (χ0n) is 11.0. The standard InChI is InChI=1S/C16H18N2O/c19-16(13-8-11-5-6-12(13)7-11)9-18-10-17-14-3-1-2-4-15(14)18/h1-4,10-13H,5-9H2. The van der Waals surface area contributed by atoms with Gasteiger partial charge < -0.3 is 4.57 Å². The number of imidazole rings is 1. The van der Waals surface area contributed by atoms with Crippen LogP contribution in [0.1, 0.15) is 25.7 Å². The number of hydrogen-bond donors (Lipinski definition) is 0. The Morgan fingerprint density at radius 2 is 2.16 bits per heavy atom. The number of fused-ring (bicyclic) bond motifs is 3. The van der Waals surface area contributed by atoms with Crippen molar-refractivity contribution in [3.8, 4) is 0 Å². The van der Waals surface area contributed by atoms with Crippen LogP contribution in [0.4, 0.5) is 0 Å². The smallest absolute Gasteiger partial charge is 0.155 e. The molecule has 3 heteroatoms. The minimum absolute atomic E-state index is 0.319. The maximum absolute atomic E-state index is 12.5. The van der Waals surface area contributed by atoms with Gasteiger partial charge in [0.25, 0.3) is 0 Å². The van der Waals surface area contributed by atoms with Gasteiger partial charge in [-0.05, 0) is 43.2 Å². The summed E-state index contributed by atoms with van der Waals surface area (Å²) in [5, 5.41) is 0. The van der Waals surface area contributed by atoms with Gasteiger partial charge in [-0.1, -0.05) is 18.6 Å². The first-order valence-electron chi connectivity index (χ1n) is 7.24. The third kappa shape index (κ3) is 1.79. The fourth-order valence-electron chi connectivity index (χ4n) is 4.06. The number of ketones is 1. The number of aromatic nitrogens is 2. The average Bonchev–Trinajstić information content (AvgIpc) is 3.14. The Balaban J connectivity index is 1.56. The minimum Gasteiger partial charge on any atom is -0.323 e. The van der Waals surface area contributed by atoms with Gasteiger partial charge in [0.05, 0.1) is 23.9 Å².